The van der Waals surface area contributed by atoms with Crippen molar-refractivity contribution in [2.24, 2.45) is 5.41 Å². The molecule has 0 saturated heterocycles. The van der Waals surface area contributed by atoms with Gasteiger partial charge in [0.15, 0.2) is 0 Å². The predicted octanol–water partition coefficient (Wildman–Crippen LogP) is 2.24. The Morgan fingerprint density at radius 1 is 1.55 bits per heavy atom. The van der Waals surface area contributed by atoms with Crippen molar-refractivity contribution >= 4 is 0 Å². The lowest BCUT2D eigenvalue weighted by Gasteiger charge is -2.15. The molecule has 0 unspecified atom stereocenters. The molecule has 0 saturated carbocycles. The van der Waals surface area contributed by atoms with Gasteiger partial charge in [0.25, 0.3) is 0 Å². The summed E-state index contributed by atoms with van der Waals surface area (Å²) in [7, 11) is 1.68. The van der Waals surface area contributed by atoms with Crippen molar-refractivity contribution in [3.8, 4) is 12.3 Å². The van der Waals surface area contributed by atoms with Crippen LogP contribution in [-0.4, -0.2) is 13.7 Å². The fourth-order valence-electron chi connectivity index (χ4n) is 0.785. The van der Waals surface area contributed by atoms with E-state index in [1.165, 1.54) is 0 Å². The molecule has 0 aromatic carbocycles. The largest absolute Gasteiger partial charge is 0.381 e. The van der Waals surface area contributed by atoms with Crippen molar-refractivity contribution in [3.63, 3.8) is 0 Å². The molecule has 1 nitrogen and oxygen atoms in total. The minimum absolute atomic E-state index is 0.104. The average Bonchev–Trinajstić information content (AvgIpc) is 1.87. The topological polar surface area (TPSA) is 9.23 Å². The van der Waals surface area contributed by atoms with Gasteiger partial charge in [0.1, 0.15) is 0 Å². The summed E-state index contributed by atoms with van der Waals surface area (Å²) in [5, 5.41) is 0. The van der Waals surface area contributed by atoms with E-state index in [1.54, 1.807) is 7.11 Å². The maximum absolute atomic E-state index is 5.20. The number of hydrogen-bond acceptors (Lipinski definition) is 1. The number of rotatable bonds is 4. The van der Waals surface area contributed by atoms with E-state index in [9.17, 15) is 0 Å². The van der Waals surface area contributed by atoms with Gasteiger partial charge in [0.2, 0.25) is 0 Å². The lowest BCUT2D eigenvalue weighted by molar-refractivity contribution is 0.232. The minimum atomic E-state index is 0.104. The van der Waals surface area contributed by atoms with E-state index in [0.717, 1.165) is 6.42 Å². The molecule has 0 aliphatic heterocycles. The van der Waals surface area contributed by atoms with Crippen LogP contribution in [0.5, 0.6) is 0 Å². The second-order valence-corrected chi connectivity index (χ2v) is 3.23. The fourth-order valence-corrected chi connectivity index (χ4v) is 0.785. The Hall–Kier alpha value is -0.740. The summed E-state index contributed by atoms with van der Waals surface area (Å²) >= 11 is 0. The van der Waals surface area contributed by atoms with E-state index in [4.69, 9.17) is 11.2 Å². The smallest absolute Gasteiger partial charge is 0.0643 e. The Morgan fingerprint density at radius 2 is 2.18 bits per heavy atom. The molecule has 11 heavy (non-hydrogen) atoms. The molecule has 0 aliphatic carbocycles. The van der Waals surface area contributed by atoms with Gasteiger partial charge in [-0.05, 0) is 5.41 Å². The predicted molar refractivity (Wildman–Crippen MR) is 48.2 cm³/mol. The summed E-state index contributed by atoms with van der Waals surface area (Å²) in [4.78, 5) is 0. The zero-order valence-corrected chi connectivity index (χ0v) is 7.55. The van der Waals surface area contributed by atoms with Crippen molar-refractivity contribution in [2.45, 2.75) is 20.3 Å². The third kappa shape index (κ3) is 5.69. The molecule has 0 spiro atoms. The van der Waals surface area contributed by atoms with E-state index in [1.807, 2.05) is 6.08 Å². The first-order valence-electron chi connectivity index (χ1n) is 3.72. The zero-order chi connectivity index (χ0) is 8.74. The number of terminal acetylenes is 1. The van der Waals surface area contributed by atoms with Crippen LogP contribution < -0.4 is 0 Å². The summed E-state index contributed by atoms with van der Waals surface area (Å²) in [5.74, 6) is 2.64. The number of methoxy groups -OCH3 is 1. The molecule has 0 fully saturated rings. The minimum Gasteiger partial charge on any atom is -0.381 e. The van der Waals surface area contributed by atoms with Gasteiger partial charge < -0.3 is 4.74 Å². The summed E-state index contributed by atoms with van der Waals surface area (Å²) in [6.45, 7) is 4.88. The van der Waals surface area contributed by atoms with E-state index in [2.05, 4.69) is 25.8 Å². The standard InChI is InChI=1S/C10H16O/c1-5-7-10(2,3)8-6-9-11-4/h1,6,8H,7,9H2,2-4H3/b8-6+. The molecule has 0 aromatic heterocycles. The Balaban J connectivity index is 3.81. The molecule has 0 bridgehead atoms. The quantitative estimate of drug-likeness (QED) is 0.443. The SMILES string of the molecule is C#CCC(C)(C)/C=C/COC. The lowest BCUT2D eigenvalue weighted by atomic mass is 9.89. The Morgan fingerprint density at radius 3 is 2.64 bits per heavy atom. The Kier molecular flexibility index (Phi) is 4.65. The molecule has 0 N–H and O–H groups in total. The first kappa shape index (κ1) is 10.3. The molecular weight excluding hydrogens is 136 g/mol. The van der Waals surface area contributed by atoms with Crippen LogP contribution >= 0.6 is 0 Å². The van der Waals surface area contributed by atoms with Crippen molar-refractivity contribution in [1.82, 2.24) is 0 Å². The monoisotopic (exact) mass is 152 g/mol. The van der Waals surface area contributed by atoms with Gasteiger partial charge in [-0.1, -0.05) is 26.0 Å². The second-order valence-electron chi connectivity index (χ2n) is 3.23. The molecule has 0 radical (unpaired) electrons. The van der Waals surface area contributed by atoms with Gasteiger partial charge in [-0.25, -0.2) is 0 Å². The maximum atomic E-state index is 5.20. The highest BCUT2D eigenvalue weighted by Crippen LogP contribution is 2.20. The molecule has 0 atom stereocenters. The summed E-state index contributed by atoms with van der Waals surface area (Å²) in [6.07, 6.45) is 10.1. The fraction of sp³-hybridized carbons (Fsp3) is 0.600. The van der Waals surface area contributed by atoms with E-state index in [0.29, 0.717) is 6.61 Å². The molecular formula is C10H16O. The number of allylic oxidation sites excluding steroid dienone is 1. The maximum Gasteiger partial charge on any atom is 0.0643 e. The first-order chi connectivity index (χ1) is 5.12. The zero-order valence-electron chi connectivity index (χ0n) is 7.55. The van der Waals surface area contributed by atoms with Gasteiger partial charge in [-0.15, -0.1) is 12.3 Å². The van der Waals surface area contributed by atoms with Crippen LogP contribution in [0, 0.1) is 17.8 Å². The van der Waals surface area contributed by atoms with Crippen LogP contribution in [0.4, 0.5) is 0 Å². The molecule has 0 aromatic rings. The van der Waals surface area contributed by atoms with E-state index in [-0.39, 0.29) is 5.41 Å². The summed E-state index contributed by atoms with van der Waals surface area (Å²) in [5.41, 5.74) is 0.104. The Labute approximate surface area is 69.4 Å². The van der Waals surface area contributed by atoms with Crippen molar-refractivity contribution in [3.05, 3.63) is 12.2 Å². The molecule has 62 valence electrons. The van der Waals surface area contributed by atoms with Crippen molar-refractivity contribution in [1.29, 1.82) is 0 Å². The highest BCUT2D eigenvalue weighted by Gasteiger charge is 2.10. The van der Waals surface area contributed by atoms with Gasteiger partial charge >= 0.3 is 0 Å². The van der Waals surface area contributed by atoms with Gasteiger partial charge in [-0.3, -0.25) is 0 Å². The van der Waals surface area contributed by atoms with Gasteiger partial charge in [0, 0.05) is 13.5 Å². The highest BCUT2D eigenvalue weighted by molar-refractivity contribution is 5.02. The third-order valence-corrected chi connectivity index (χ3v) is 1.39. The Bertz CT molecular complexity index is 160. The molecule has 0 amide bonds. The number of hydrogen-bond donors (Lipinski definition) is 0. The van der Waals surface area contributed by atoms with E-state index >= 15 is 0 Å². The van der Waals surface area contributed by atoms with E-state index < -0.39 is 0 Å². The van der Waals surface area contributed by atoms with Crippen molar-refractivity contribution in [2.75, 3.05) is 13.7 Å². The third-order valence-electron chi connectivity index (χ3n) is 1.39. The average molecular weight is 152 g/mol. The molecule has 1 heteroatoms. The molecule has 0 aliphatic rings. The van der Waals surface area contributed by atoms with Crippen molar-refractivity contribution < 1.29 is 4.74 Å². The molecule has 0 heterocycles. The van der Waals surface area contributed by atoms with Crippen LogP contribution in [0.2, 0.25) is 0 Å². The lowest BCUT2D eigenvalue weighted by Crippen LogP contribution is -2.05. The second kappa shape index (κ2) is 4.98. The van der Waals surface area contributed by atoms with Crippen LogP contribution in [0.15, 0.2) is 12.2 Å². The highest BCUT2D eigenvalue weighted by atomic mass is 16.5. The normalized spacial score (nSPS) is 11.8. The summed E-state index contributed by atoms with van der Waals surface area (Å²) in [6, 6.07) is 0. The van der Waals surface area contributed by atoms with Gasteiger partial charge in [-0.2, -0.15) is 0 Å². The van der Waals surface area contributed by atoms with Crippen LogP contribution in [0.3, 0.4) is 0 Å². The van der Waals surface area contributed by atoms with Crippen LogP contribution in [0.1, 0.15) is 20.3 Å². The first-order valence-corrected chi connectivity index (χ1v) is 3.72. The summed E-state index contributed by atoms with van der Waals surface area (Å²) < 4.78 is 4.88. The number of ether oxygens (including phenoxy) is 1. The van der Waals surface area contributed by atoms with Gasteiger partial charge in [0.05, 0.1) is 6.61 Å². The van der Waals surface area contributed by atoms with Crippen LogP contribution in [-0.2, 0) is 4.74 Å². The van der Waals surface area contributed by atoms with Crippen LogP contribution in [0.25, 0.3) is 0 Å². The molecule has 0 rings (SSSR count).